The van der Waals surface area contributed by atoms with Gasteiger partial charge >= 0.3 is 0 Å². The van der Waals surface area contributed by atoms with E-state index < -0.39 is 11.5 Å². The number of pyridine rings is 1. The monoisotopic (exact) mass is 276 g/mol. The van der Waals surface area contributed by atoms with E-state index in [0.717, 1.165) is 0 Å². The largest absolute Gasteiger partial charge is 0.466 e. The number of amides is 1. The standard InChI is InChI=1S/C14H16N2O4/c1-14(19,11-6-4-8-20-11)9-15-12(17)10-5-3-7-16(2)13(10)18/h3-8,19H,9H2,1-2H3,(H,15,17)/t14-/m0/s1. The molecule has 6 heteroatoms. The van der Waals surface area contributed by atoms with Gasteiger partial charge in [-0.3, -0.25) is 9.59 Å². The number of hydrogen-bond acceptors (Lipinski definition) is 4. The highest BCUT2D eigenvalue weighted by atomic mass is 16.4. The van der Waals surface area contributed by atoms with E-state index >= 15 is 0 Å². The molecule has 2 aromatic heterocycles. The van der Waals surface area contributed by atoms with Gasteiger partial charge in [0, 0.05) is 13.2 Å². The Balaban J connectivity index is 2.10. The van der Waals surface area contributed by atoms with Gasteiger partial charge in [-0.25, -0.2) is 0 Å². The zero-order chi connectivity index (χ0) is 14.8. The second-order valence-electron chi connectivity index (χ2n) is 4.77. The zero-order valence-electron chi connectivity index (χ0n) is 11.3. The van der Waals surface area contributed by atoms with Crippen molar-refractivity contribution in [2.45, 2.75) is 12.5 Å². The number of aliphatic hydroxyl groups is 1. The first kappa shape index (κ1) is 14.1. The van der Waals surface area contributed by atoms with E-state index in [0.29, 0.717) is 5.76 Å². The highest BCUT2D eigenvalue weighted by Gasteiger charge is 2.27. The Bertz CT molecular complexity index is 656. The van der Waals surface area contributed by atoms with E-state index in [2.05, 4.69) is 5.32 Å². The SMILES string of the molecule is Cn1cccc(C(=O)NC[C@](C)(O)c2ccco2)c1=O. The van der Waals surface area contributed by atoms with Crippen molar-refractivity contribution in [3.8, 4) is 0 Å². The van der Waals surface area contributed by atoms with Crippen molar-refractivity contribution >= 4 is 5.91 Å². The number of aryl methyl sites for hydroxylation is 1. The van der Waals surface area contributed by atoms with Crippen LogP contribution in [0.15, 0.2) is 45.9 Å². The molecule has 20 heavy (non-hydrogen) atoms. The number of carbonyl (C=O) groups excluding carboxylic acids is 1. The lowest BCUT2D eigenvalue weighted by atomic mass is 10.0. The molecular formula is C14H16N2O4. The van der Waals surface area contributed by atoms with Gasteiger partial charge in [0.25, 0.3) is 11.5 Å². The van der Waals surface area contributed by atoms with Gasteiger partial charge in [-0.05, 0) is 31.2 Å². The van der Waals surface area contributed by atoms with Crippen molar-refractivity contribution in [2.75, 3.05) is 6.54 Å². The fraction of sp³-hybridized carbons (Fsp3) is 0.286. The van der Waals surface area contributed by atoms with E-state index in [4.69, 9.17) is 4.42 Å². The molecule has 0 aliphatic heterocycles. The predicted molar refractivity (Wildman–Crippen MR) is 72.3 cm³/mol. The van der Waals surface area contributed by atoms with Gasteiger partial charge in [0.05, 0.1) is 12.8 Å². The predicted octanol–water partition coefficient (Wildman–Crippen LogP) is 0.616. The maximum Gasteiger partial charge on any atom is 0.263 e. The molecule has 6 nitrogen and oxygen atoms in total. The van der Waals surface area contributed by atoms with Gasteiger partial charge in [-0.15, -0.1) is 0 Å². The summed E-state index contributed by atoms with van der Waals surface area (Å²) in [5.74, 6) is -0.184. The first-order valence-corrected chi connectivity index (χ1v) is 6.12. The molecule has 2 rings (SSSR count). The molecule has 2 heterocycles. The summed E-state index contributed by atoms with van der Waals surface area (Å²) in [7, 11) is 1.57. The van der Waals surface area contributed by atoms with Crippen LogP contribution in [-0.4, -0.2) is 22.1 Å². The average Bonchev–Trinajstić information content (AvgIpc) is 2.94. The molecule has 0 bridgehead atoms. The highest BCUT2D eigenvalue weighted by molar-refractivity contribution is 5.93. The Labute approximate surface area is 115 Å². The number of nitrogens with zero attached hydrogens (tertiary/aromatic N) is 1. The van der Waals surface area contributed by atoms with Crippen molar-refractivity contribution in [1.82, 2.24) is 9.88 Å². The van der Waals surface area contributed by atoms with Gasteiger partial charge in [0.2, 0.25) is 0 Å². The topological polar surface area (TPSA) is 84.5 Å². The van der Waals surface area contributed by atoms with Crippen molar-refractivity contribution in [2.24, 2.45) is 7.05 Å². The fourth-order valence-electron chi connectivity index (χ4n) is 1.79. The highest BCUT2D eigenvalue weighted by Crippen LogP contribution is 2.19. The van der Waals surface area contributed by atoms with Crippen LogP contribution in [0, 0.1) is 0 Å². The summed E-state index contributed by atoms with van der Waals surface area (Å²) in [6, 6.07) is 6.33. The molecule has 0 spiro atoms. The van der Waals surface area contributed by atoms with Gasteiger partial charge in [0.15, 0.2) is 0 Å². The summed E-state index contributed by atoms with van der Waals surface area (Å²) < 4.78 is 6.43. The van der Waals surface area contributed by atoms with Crippen molar-refractivity contribution < 1.29 is 14.3 Å². The minimum atomic E-state index is -1.33. The molecule has 0 saturated heterocycles. The molecule has 0 radical (unpaired) electrons. The first-order valence-electron chi connectivity index (χ1n) is 6.12. The number of nitrogens with one attached hydrogen (secondary N) is 1. The lowest BCUT2D eigenvalue weighted by molar-refractivity contribution is 0.0330. The molecule has 2 N–H and O–H groups in total. The summed E-state index contributed by atoms with van der Waals surface area (Å²) in [5.41, 5.74) is -1.69. The molecule has 0 aliphatic carbocycles. The quantitative estimate of drug-likeness (QED) is 0.857. The third-order valence-corrected chi connectivity index (χ3v) is 3.01. The second kappa shape index (κ2) is 5.34. The van der Waals surface area contributed by atoms with Crippen LogP contribution in [0.3, 0.4) is 0 Å². The summed E-state index contributed by atoms with van der Waals surface area (Å²) >= 11 is 0. The fourth-order valence-corrected chi connectivity index (χ4v) is 1.79. The molecule has 0 aliphatic rings. The Kier molecular flexibility index (Phi) is 3.76. The van der Waals surface area contributed by atoms with Crippen LogP contribution < -0.4 is 10.9 Å². The van der Waals surface area contributed by atoms with Crippen LogP contribution >= 0.6 is 0 Å². The molecule has 0 unspecified atom stereocenters. The van der Waals surface area contributed by atoms with Crippen LogP contribution in [0.25, 0.3) is 0 Å². The van der Waals surface area contributed by atoms with Crippen LogP contribution in [0.4, 0.5) is 0 Å². The Morgan fingerprint density at radius 2 is 2.20 bits per heavy atom. The number of aromatic nitrogens is 1. The minimum absolute atomic E-state index is 0.0326. The molecule has 106 valence electrons. The number of carbonyl (C=O) groups is 1. The van der Waals surface area contributed by atoms with E-state index in [1.54, 1.807) is 31.4 Å². The van der Waals surface area contributed by atoms with Crippen molar-refractivity contribution in [1.29, 1.82) is 0 Å². The van der Waals surface area contributed by atoms with Crippen LogP contribution in [-0.2, 0) is 12.6 Å². The lowest BCUT2D eigenvalue weighted by Crippen LogP contribution is -2.40. The first-order chi connectivity index (χ1) is 9.42. The van der Waals surface area contributed by atoms with Crippen LogP contribution in [0.1, 0.15) is 23.0 Å². The number of furan rings is 1. The minimum Gasteiger partial charge on any atom is -0.466 e. The van der Waals surface area contributed by atoms with Gasteiger partial charge in [-0.1, -0.05) is 0 Å². The molecule has 1 atom stereocenters. The Morgan fingerprint density at radius 1 is 1.45 bits per heavy atom. The summed E-state index contributed by atoms with van der Waals surface area (Å²) in [4.78, 5) is 23.8. The normalized spacial score (nSPS) is 13.8. The zero-order valence-corrected chi connectivity index (χ0v) is 11.3. The third kappa shape index (κ3) is 2.80. The second-order valence-corrected chi connectivity index (χ2v) is 4.77. The van der Waals surface area contributed by atoms with Crippen LogP contribution in [0.5, 0.6) is 0 Å². The van der Waals surface area contributed by atoms with Gasteiger partial charge in [-0.2, -0.15) is 0 Å². The van der Waals surface area contributed by atoms with E-state index in [1.807, 2.05) is 0 Å². The number of rotatable bonds is 4. The van der Waals surface area contributed by atoms with E-state index in [1.165, 1.54) is 23.8 Å². The number of hydrogen-bond donors (Lipinski definition) is 2. The molecule has 2 aromatic rings. The summed E-state index contributed by atoms with van der Waals surface area (Å²) in [6.07, 6.45) is 3.01. The summed E-state index contributed by atoms with van der Waals surface area (Å²) in [5, 5.41) is 12.7. The van der Waals surface area contributed by atoms with E-state index in [9.17, 15) is 14.7 Å². The van der Waals surface area contributed by atoms with Crippen LogP contribution in [0.2, 0.25) is 0 Å². The smallest absolute Gasteiger partial charge is 0.263 e. The summed E-state index contributed by atoms with van der Waals surface area (Å²) in [6.45, 7) is 1.46. The third-order valence-electron chi connectivity index (χ3n) is 3.01. The van der Waals surface area contributed by atoms with Gasteiger partial charge < -0.3 is 19.4 Å². The Morgan fingerprint density at radius 3 is 2.85 bits per heavy atom. The van der Waals surface area contributed by atoms with Crippen molar-refractivity contribution in [3.63, 3.8) is 0 Å². The van der Waals surface area contributed by atoms with E-state index in [-0.39, 0.29) is 17.7 Å². The van der Waals surface area contributed by atoms with Gasteiger partial charge in [0.1, 0.15) is 16.9 Å². The lowest BCUT2D eigenvalue weighted by Gasteiger charge is -2.21. The van der Waals surface area contributed by atoms with Crippen molar-refractivity contribution in [3.05, 3.63) is 58.4 Å². The molecular weight excluding hydrogens is 260 g/mol. The molecule has 0 saturated carbocycles. The molecule has 1 amide bonds. The molecule has 0 fully saturated rings. The average molecular weight is 276 g/mol. The molecule has 0 aromatic carbocycles. The Hall–Kier alpha value is -2.34. The maximum atomic E-state index is 12.0. The maximum absolute atomic E-state index is 12.0.